The average Bonchev–Trinajstić information content (AvgIpc) is 2.15. The van der Waals surface area contributed by atoms with E-state index < -0.39 is 18.9 Å². The summed E-state index contributed by atoms with van der Waals surface area (Å²) in [5.41, 5.74) is 1.22. The third-order valence-corrected chi connectivity index (χ3v) is 6.29. The van der Waals surface area contributed by atoms with Gasteiger partial charge in [0, 0.05) is 18.2 Å². The van der Waals surface area contributed by atoms with Crippen LogP contribution in [0.5, 0.6) is 0 Å². The second-order valence-corrected chi connectivity index (χ2v) is 13.1. The zero-order valence-electron chi connectivity index (χ0n) is 10.9. The fourth-order valence-electron chi connectivity index (χ4n) is 1.84. The predicted octanol–water partition coefficient (Wildman–Crippen LogP) is 3.83. The van der Waals surface area contributed by atoms with Gasteiger partial charge in [-0.1, -0.05) is 44.3 Å². The van der Waals surface area contributed by atoms with E-state index in [0.717, 1.165) is 10.9 Å². The molecule has 0 aliphatic rings. The summed E-state index contributed by atoms with van der Waals surface area (Å²) in [7, 11) is -1.97. The van der Waals surface area contributed by atoms with Crippen molar-refractivity contribution in [3.63, 3.8) is 0 Å². The van der Waals surface area contributed by atoms with Gasteiger partial charge in [-0.25, -0.2) is 0 Å². The molecule has 0 heterocycles. The van der Waals surface area contributed by atoms with Crippen LogP contribution in [-0.2, 0) is 10.8 Å². The maximum atomic E-state index is 12.3. The number of rotatable bonds is 4. The lowest BCUT2D eigenvalue weighted by Crippen LogP contribution is -2.27. The Morgan fingerprint density at radius 2 is 1.69 bits per heavy atom. The Balaban J connectivity index is 2.74. The highest BCUT2D eigenvalue weighted by atomic mass is 32.2. The molecule has 2 atom stereocenters. The molecule has 0 saturated carbocycles. The Morgan fingerprint density at radius 1 is 1.19 bits per heavy atom. The number of benzene rings is 1. The second kappa shape index (κ2) is 5.28. The summed E-state index contributed by atoms with van der Waals surface area (Å²) in [6.45, 7) is 11.1. The van der Waals surface area contributed by atoms with Gasteiger partial charge in [0.1, 0.15) is 0 Å². The van der Waals surface area contributed by atoms with E-state index in [1.165, 1.54) is 5.56 Å². The maximum Gasteiger partial charge on any atom is 0.0555 e. The highest BCUT2D eigenvalue weighted by Crippen LogP contribution is 2.20. The molecule has 0 spiro atoms. The summed E-state index contributed by atoms with van der Waals surface area (Å²) < 4.78 is 12.3. The minimum Gasteiger partial charge on any atom is -0.254 e. The van der Waals surface area contributed by atoms with Crippen molar-refractivity contribution in [3.8, 4) is 0 Å². The van der Waals surface area contributed by atoms with Crippen molar-refractivity contribution in [2.24, 2.45) is 0 Å². The number of hydrogen-bond donors (Lipinski definition) is 0. The molecule has 0 N–H and O–H groups in total. The molecule has 1 aromatic rings. The van der Waals surface area contributed by atoms with Crippen LogP contribution in [0.1, 0.15) is 12.5 Å². The third kappa shape index (κ3) is 4.22. The summed E-state index contributed by atoms with van der Waals surface area (Å²) in [6.07, 6.45) is 0. The Hall–Kier alpha value is -0.413. The molecule has 0 bridgehead atoms. The van der Waals surface area contributed by atoms with Crippen LogP contribution in [0.25, 0.3) is 0 Å². The number of aryl methyl sites for hydroxylation is 1. The lowest BCUT2D eigenvalue weighted by molar-refractivity contribution is 0.676. The van der Waals surface area contributed by atoms with Crippen LogP contribution in [0.15, 0.2) is 29.2 Å². The van der Waals surface area contributed by atoms with Crippen molar-refractivity contribution in [2.45, 2.75) is 49.7 Å². The summed E-state index contributed by atoms with van der Waals surface area (Å²) in [5.74, 6) is 0. The highest BCUT2D eigenvalue weighted by molar-refractivity contribution is 7.85. The molecular weight excluding hydrogens is 232 g/mol. The van der Waals surface area contributed by atoms with Crippen LogP contribution in [-0.4, -0.2) is 17.5 Å². The van der Waals surface area contributed by atoms with E-state index >= 15 is 0 Å². The Labute approximate surface area is 103 Å². The largest absolute Gasteiger partial charge is 0.254 e. The van der Waals surface area contributed by atoms with Gasteiger partial charge < -0.3 is 0 Å². The molecule has 0 aliphatic heterocycles. The molecule has 90 valence electrons. The van der Waals surface area contributed by atoms with E-state index in [0.29, 0.717) is 0 Å². The minimum absolute atomic E-state index is 0.273. The summed E-state index contributed by atoms with van der Waals surface area (Å²) >= 11 is 0. The molecule has 0 radical (unpaired) electrons. The van der Waals surface area contributed by atoms with Crippen LogP contribution in [0, 0.1) is 6.92 Å². The molecule has 0 fully saturated rings. The molecule has 1 aromatic carbocycles. The van der Waals surface area contributed by atoms with E-state index in [-0.39, 0.29) is 5.25 Å². The summed E-state index contributed by atoms with van der Waals surface area (Å²) in [5, 5.41) is 0.273. The zero-order valence-corrected chi connectivity index (χ0v) is 12.7. The van der Waals surface area contributed by atoms with Crippen molar-refractivity contribution < 1.29 is 4.21 Å². The molecule has 0 aromatic heterocycles. The first-order valence-electron chi connectivity index (χ1n) is 5.77. The Morgan fingerprint density at radius 3 is 2.12 bits per heavy atom. The van der Waals surface area contributed by atoms with Crippen LogP contribution in [0.3, 0.4) is 0 Å². The molecule has 1 rings (SSSR count). The van der Waals surface area contributed by atoms with Crippen molar-refractivity contribution in [3.05, 3.63) is 29.8 Å². The quantitative estimate of drug-likeness (QED) is 0.746. The van der Waals surface area contributed by atoms with E-state index in [1.807, 2.05) is 24.3 Å². The first-order chi connectivity index (χ1) is 7.29. The zero-order chi connectivity index (χ0) is 12.3. The standard InChI is InChI=1S/C13H22OSSi/c1-11-6-8-13(9-7-11)15(14)12(2)10-16(3,4)5/h6-9,12H,10H2,1-5H3/t12-,15+/m0/s1. The van der Waals surface area contributed by atoms with Gasteiger partial charge in [0.05, 0.1) is 10.8 Å². The van der Waals surface area contributed by atoms with Gasteiger partial charge in [-0.2, -0.15) is 0 Å². The SMILES string of the molecule is Cc1ccc([S@](=O)[C@@H](C)C[Si](C)(C)C)cc1. The van der Waals surface area contributed by atoms with Crippen LogP contribution < -0.4 is 0 Å². The smallest absolute Gasteiger partial charge is 0.0555 e. The monoisotopic (exact) mass is 254 g/mol. The van der Waals surface area contributed by atoms with Crippen LogP contribution >= 0.6 is 0 Å². The molecular formula is C13H22OSSi. The van der Waals surface area contributed by atoms with Gasteiger partial charge in [0.2, 0.25) is 0 Å². The highest BCUT2D eigenvalue weighted by Gasteiger charge is 2.22. The molecule has 0 amide bonds. The first-order valence-corrected chi connectivity index (χ1v) is 10.7. The fraction of sp³-hybridized carbons (Fsp3) is 0.538. The van der Waals surface area contributed by atoms with Gasteiger partial charge in [0.25, 0.3) is 0 Å². The predicted molar refractivity (Wildman–Crippen MR) is 75.2 cm³/mol. The molecule has 3 heteroatoms. The van der Waals surface area contributed by atoms with Crippen molar-refractivity contribution in [1.29, 1.82) is 0 Å². The van der Waals surface area contributed by atoms with E-state index in [4.69, 9.17) is 0 Å². The van der Waals surface area contributed by atoms with Gasteiger partial charge in [-0.15, -0.1) is 0 Å². The fourth-order valence-corrected chi connectivity index (χ4v) is 6.54. The van der Waals surface area contributed by atoms with Crippen molar-refractivity contribution >= 4 is 18.9 Å². The summed E-state index contributed by atoms with van der Waals surface area (Å²) in [4.78, 5) is 0.969. The molecule has 1 nitrogen and oxygen atoms in total. The molecule has 0 unspecified atom stereocenters. The molecule has 0 saturated heterocycles. The lowest BCUT2D eigenvalue weighted by atomic mass is 10.2. The van der Waals surface area contributed by atoms with Gasteiger partial charge >= 0.3 is 0 Å². The lowest BCUT2D eigenvalue weighted by Gasteiger charge is -2.20. The van der Waals surface area contributed by atoms with Gasteiger partial charge in [-0.05, 0) is 25.1 Å². The van der Waals surface area contributed by atoms with Gasteiger partial charge in [0.15, 0.2) is 0 Å². The van der Waals surface area contributed by atoms with Gasteiger partial charge in [-0.3, -0.25) is 4.21 Å². The van der Waals surface area contributed by atoms with E-state index in [2.05, 4.69) is 33.5 Å². The first kappa shape index (κ1) is 13.7. The normalized spacial score (nSPS) is 15.8. The third-order valence-electron chi connectivity index (χ3n) is 2.52. The summed E-state index contributed by atoms with van der Waals surface area (Å²) in [6, 6.07) is 9.18. The van der Waals surface area contributed by atoms with E-state index in [9.17, 15) is 4.21 Å². The Kier molecular flexibility index (Phi) is 4.50. The van der Waals surface area contributed by atoms with Crippen molar-refractivity contribution in [1.82, 2.24) is 0 Å². The maximum absolute atomic E-state index is 12.3. The topological polar surface area (TPSA) is 17.1 Å². The second-order valence-electron chi connectivity index (χ2n) is 5.69. The minimum atomic E-state index is -1.12. The number of hydrogen-bond acceptors (Lipinski definition) is 1. The Bertz CT molecular complexity index is 365. The molecule has 0 aliphatic carbocycles. The van der Waals surface area contributed by atoms with E-state index in [1.54, 1.807) is 0 Å². The van der Waals surface area contributed by atoms with Crippen molar-refractivity contribution in [2.75, 3.05) is 0 Å². The average molecular weight is 254 g/mol. The van der Waals surface area contributed by atoms with Crippen LogP contribution in [0.2, 0.25) is 25.7 Å². The van der Waals surface area contributed by atoms with Crippen LogP contribution in [0.4, 0.5) is 0 Å². The molecule has 16 heavy (non-hydrogen) atoms.